The summed E-state index contributed by atoms with van der Waals surface area (Å²) in [4.78, 5) is 0. The number of rotatable bonds is 5. The van der Waals surface area contributed by atoms with Crippen molar-refractivity contribution in [3.8, 4) is 12.3 Å². The van der Waals surface area contributed by atoms with E-state index in [1.807, 2.05) is 18.2 Å². The lowest BCUT2D eigenvalue weighted by Gasteiger charge is -2.14. The summed E-state index contributed by atoms with van der Waals surface area (Å²) >= 11 is 0. The summed E-state index contributed by atoms with van der Waals surface area (Å²) in [5.41, 5.74) is 2.05. The van der Waals surface area contributed by atoms with Crippen molar-refractivity contribution in [2.75, 3.05) is 5.32 Å². The number of hydrogen-bond acceptors (Lipinski definition) is 1. The van der Waals surface area contributed by atoms with Gasteiger partial charge in [0.25, 0.3) is 0 Å². The zero-order valence-corrected chi connectivity index (χ0v) is 9.59. The Hall–Kier alpha value is -1.42. The molecule has 0 aliphatic rings. The van der Waals surface area contributed by atoms with Crippen molar-refractivity contribution < 1.29 is 0 Å². The number of hydrogen-bond donors (Lipinski definition) is 1. The predicted octanol–water partition coefficient (Wildman–Crippen LogP) is 3.66. The largest absolute Gasteiger partial charge is 0.383 e. The van der Waals surface area contributed by atoms with Gasteiger partial charge in [0.05, 0.1) is 0 Å². The Morgan fingerprint density at radius 2 is 2.27 bits per heavy atom. The Morgan fingerprint density at radius 3 is 2.93 bits per heavy atom. The van der Waals surface area contributed by atoms with E-state index in [2.05, 4.69) is 31.2 Å². The van der Waals surface area contributed by atoms with E-state index in [-0.39, 0.29) is 0 Å². The van der Waals surface area contributed by atoms with Crippen molar-refractivity contribution in [2.45, 2.75) is 39.2 Å². The van der Waals surface area contributed by atoms with E-state index >= 15 is 0 Å². The van der Waals surface area contributed by atoms with Crippen LogP contribution in [-0.4, -0.2) is 6.04 Å². The average Bonchev–Trinajstić information content (AvgIpc) is 2.26. The van der Waals surface area contributed by atoms with Gasteiger partial charge >= 0.3 is 0 Å². The first-order chi connectivity index (χ1) is 7.26. The van der Waals surface area contributed by atoms with Crippen molar-refractivity contribution in [2.24, 2.45) is 0 Å². The molecular formula is C14H19N. The van der Waals surface area contributed by atoms with Gasteiger partial charge in [0.1, 0.15) is 0 Å². The molecule has 0 amide bonds. The normalized spacial score (nSPS) is 11.8. The third kappa shape index (κ3) is 4.08. The molecule has 1 heteroatoms. The van der Waals surface area contributed by atoms with Crippen LogP contribution in [0.15, 0.2) is 24.3 Å². The van der Waals surface area contributed by atoms with Crippen LogP contribution in [0.3, 0.4) is 0 Å². The van der Waals surface area contributed by atoms with E-state index in [1.165, 1.54) is 19.3 Å². The maximum atomic E-state index is 5.35. The summed E-state index contributed by atoms with van der Waals surface area (Å²) in [6.45, 7) is 4.42. The van der Waals surface area contributed by atoms with Crippen molar-refractivity contribution in [3.05, 3.63) is 29.8 Å². The zero-order valence-electron chi connectivity index (χ0n) is 9.59. The first-order valence-corrected chi connectivity index (χ1v) is 5.59. The van der Waals surface area contributed by atoms with Crippen LogP contribution >= 0.6 is 0 Å². The number of terminal acetylenes is 1. The average molecular weight is 201 g/mol. The molecule has 0 aliphatic carbocycles. The molecule has 0 spiro atoms. The minimum atomic E-state index is 0.512. The van der Waals surface area contributed by atoms with E-state index in [1.54, 1.807) is 0 Å². The summed E-state index contributed by atoms with van der Waals surface area (Å²) in [6.07, 6.45) is 9.07. The highest BCUT2D eigenvalue weighted by molar-refractivity contribution is 5.50. The first kappa shape index (κ1) is 11.7. The van der Waals surface area contributed by atoms with Crippen molar-refractivity contribution in [3.63, 3.8) is 0 Å². The molecule has 0 radical (unpaired) electrons. The summed E-state index contributed by atoms with van der Waals surface area (Å²) in [7, 11) is 0. The number of nitrogens with one attached hydrogen (secondary N) is 1. The van der Waals surface area contributed by atoms with E-state index in [0.29, 0.717) is 6.04 Å². The Balaban J connectivity index is 2.53. The van der Waals surface area contributed by atoms with Gasteiger partial charge in [-0.15, -0.1) is 6.42 Å². The van der Waals surface area contributed by atoms with E-state index < -0.39 is 0 Å². The maximum absolute atomic E-state index is 5.35. The zero-order chi connectivity index (χ0) is 11.1. The second kappa shape index (κ2) is 6.14. The van der Waals surface area contributed by atoms with Crippen molar-refractivity contribution in [1.82, 2.24) is 0 Å². The molecule has 0 heterocycles. The molecule has 15 heavy (non-hydrogen) atoms. The third-order valence-corrected chi connectivity index (χ3v) is 2.43. The van der Waals surface area contributed by atoms with E-state index in [4.69, 9.17) is 6.42 Å². The highest BCUT2D eigenvalue weighted by Gasteiger charge is 2.01. The smallest absolute Gasteiger partial charge is 0.0354 e. The maximum Gasteiger partial charge on any atom is 0.0354 e. The summed E-state index contributed by atoms with van der Waals surface area (Å²) in [6, 6.07) is 8.52. The number of anilines is 1. The van der Waals surface area contributed by atoms with Crippen molar-refractivity contribution in [1.29, 1.82) is 0 Å². The minimum Gasteiger partial charge on any atom is -0.383 e. The third-order valence-electron chi connectivity index (χ3n) is 2.43. The molecule has 1 rings (SSSR count). The fraction of sp³-hybridized carbons (Fsp3) is 0.429. The summed E-state index contributed by atoms with van der Waals surface area (Å²) in [5, 5.41) is 3.46. The van der Waals surface area contributed by atoms with E-state index in [0.717, 1.165) is 11.3 Å². The fourth-order valence-corrected chi connectivity index (χ4v) is 1.57. The molecule has 0 fully saturated rings. The van der Waals surface area contributed by atoms with Crippen LogP contribution in [0.1, 0.15) is 38.7 Å². The van der Waals surface area contributed by atoms with Crippen LogP contribution in [0.2, 0.25) is 0 Å². The van der Waals surface area contributed by atoms with E-state index in [9.17, 15) is 0 Å². The quantitative estimate of drug-likeness (QED) is 0.717. The van der Waals surface area contributed by atoms with Gasteiger partial charge in [0, 0.05) is 17.3 Å². The number of unbranched alkanes of at least 4 members (excludes halogenated alkanes) is 1. The summed E-state index contributed by atoms with van der Waals surface area (Å²) in [5.74, 6) is 2.64. The molecule has 1 aromatic carbocycles. The van der Waals surface area contributed by atoms with Crippen LogP contribution in [0.5, 0.6) is 0 Å². The Labute approximate surface area is 92.9 Å². The van der Waals surface area contributed by atoms with Gasteiger partial charge in [0.15, 0.2) is 0 Å². The molecule has 0 bridgehead atoms. The van der Waals surface area contributed by atoms with Crippen LogP contribution in [0.25, 0.3) is 0 Å². The molecule has 0 saturated heterocycles. The molecule has 80 valence electrons. The molecule has 1 aromatic rings. The van der Waals surface area contributed by atoms with Crippen LogP contribution in [-0.2, 0) is 0 Å². The molecule has 1 nitrogen and oxygen atoms in total. The standard InChI is InChI=1S/C14H19N/c1-4-6-8-12(3)15-14-10-7-9-13(5-2)11-14/h2,7,9-12,15H,4,6,8H2,1,3H3. The van der Waals surface area contributed by atoms with Crippen molar-refractivity contribution >= 4 is 5.69 Å². The van der Waals surface area contributed by atoms with Crippen LogP contribution in [0.4, 0.5) is 5.69 Å². The van der Waals surface area contributed by atoms with Crippen LogP contribution in [0, 0.1) is 12.3 Å². The van der Waals surface area contributed by atoms with Gasteiger partial charge in [-0.05, 0) is 31.5 Å². The van der Waals surface area contributed by atoms with Gasteiger partial charge < -0.3 is 5.32 Å². The summed E-state index contributed by atoms with van der Waals surface area (Å²) < 4.78 is 0. The van der Waals surface area contributed by atoms with Gasteiger partial charge in [-0.2, -0.15) is 0 Å². The monoisotopic (exact) mass is 201 g/mol. The van der Waals surface area contributed by atoms with Gasteiger partial charge in [-0.1, -0.05) is 31.8 Å². The molecule has 0 aliphatic heterocycles. The molecular weight excluding hydrogens is 182 g/mol. The molecule has 1 atom stereocenters. The molecule has 0 aromatic heterocycles. The topological polar surface area (TPSA) is 12.0 Å². The Morgan fingerprint density at radius 1 is 1.47 bits per heavy atom. The fourth-order valence-electron chi connectivity index (χ4n) is 1.57. The predicted molar refractivity (Wildman–Crippen MR) is 67.0 cm³/mol. The molecule has 1 N–H and O–H groups in total. The second-order valence-electron chi connectivity index (χ2n) is 3.91. The highest BCUT2D eigenvalue weighted by atomic mass is 14.9. The Kier molecular flexibility index (Phi) is 4.77. The SMILES string of the molecule is C#Cc1cccc(NC(C)CCCC)c1. The van der Waals surface area contributed by atoms with Crippen LogP contribution < -0.4 is 5.32 Å². The first-order valence-electron chi connectivity index (χ1n) is 5.59. The lowest BCUT2D eigenvalue weighted by atomic mass is 10.1. The number of benzene rings is 1. The van der Waals surface area contributed by atoms with Gasteiger partial charge in [0.2, 0.25) is 0 Å². The molecule has 1 unspecified atom stereocenters. The van der Waals surface area contributed by atoms with Gasteiger partial charge in [-0.25, -0.2) is 0 Å². The lowest BCUT2D eigenvalue weighted by Crippen LogP contribution is -2.14. The lowest BCUT2D eigenvalue weighted by molar-refractivity contribution is 0.645. The second-order valence-corrected chi connectivity index (χ2v) is 3.91. The minimum absolute atomic E-state index is 0.512. The molecule has 0 saturated carbocycles. The van der Waals surface area contributed by atoms with Gasteiger partial charge in [-0.3, -0.25) is 0 Å². The Bertz CT molecular complexity index is 335. The highest BCUT2D eigenvalue weighted by Crippen LogP contribution is 2.13.